The van der Waals surface area contributed by atoms with E-state index in [-0.39, 0.29) is 12.3 Å². The van der Waals surface area contributed by atoms with Crippen LogP contribution in [0.2, 0.25) is 0 Å². The normalized spacial score (nSPS) is 14.3. The molecule has 1 aromatic heterocycles. The van der Waals surface area contributed by atoms with Crippen molar-refractivity contribution in [1.82, 2.24) is 15.0 Å². The van der Waals surface area contributed by atoms with Gasteiger partial charge in [-0.2, -0.15) is 4.98 Å². The molecule has 2 aromatic carbocycles. The second-order valence-corrected chi connectivity index (χ2v) is 8.88. The van der Waals surface area contributed by atoms with Gasteiger partial charge in [-0.15, -0.1) is 0 Å². The summed E-state index contributed by atoms with van der Waals surface area (Å²) in [7, 11) is 2.19. The number of nitrogens with zero attached hydrogens (tertiary/aromatic N) is 3. The second kappa shape index (κ2) is 11.8. The van der Waals surface area contributed by atoms with Crippen LogP contribution in [0.1, 0.15) is 56.9 Å². The van der Waals surface area contributed by atoms with Crippen LogP contribution in [0.5, 0.6) is 5.75 Å². The molecule has 1 aliphatic carbocycles. The average molecular weight is 463 g/mol. The molecule has 1 fully saturated rings. The van der Waals surface area contributed by atoms with Crippen LogP contribution in [-0.4, -0.2) is 40.6 Å². The van der Waals surface area contributed by atoms with Crippen molar-refractivity contribution in [3.8, 4) is 17.1 Å². The summed E-state index contributed by atoms with van der Waals surface area (Å²) in [6, 6.07) is 16.2. The Morgan fingerprint density at radius 1 is 1.12 bits per heavy atom. The molecule has 7 heteroatoms. The van der Waals surface area contributed by atoms with E-state index in [1.54, 1.807) is 0 Å². The maximum absolute atomic E-state index is 12.7. The minimum Gasteiger partial charge on any atom is -0.494 e. The Labute approximate surface area is 201 Å². The molecule has 0 bridgehead atoms. The molecule has 3 aromatic rings. The number of hydrogen-bond acceptors (Lipinski definition) is 6. The van der Waals surface area contributed by atoms with Gasteiger partial charge in [0.05, 0.1) is 6.61 Å². The van der Waals surface area contributed by atoms with Crippen molar-refractivity contribution in [2.45, 2.75) is 64.5 Å². The van der Waals surface area contributed by atoms with Gasteiger partial charge in [0.2, 0.25) is 17.6 Å². The Morgan fingerprint density at radius 2 is 1.88 bits per heavy atom. The van der Waals surface area contributed by atoms with Crippen molar-refractivity contribution in [2.24, 2.45) is 0 Å². The first-order valence-electron chi connectivity index (χ1n) is 12.3. The Kier molecular flexibility index (Phi) is 8.31. The van der Waals surface area contributed by atoms with Gasteiger partial charge >= 0.3 is 0 Å². The van der Waals surface area contributed by atoms with Crippen LogP contribution >= 0.6 is 0 Å². The minimum absolute atomic E-state index is 0.0615. The van der Waals surface area contributed by atoms with Crippen LogP contribution in [0.4, 0.5) is 5.69 Å². The highest BCUT2D eigenvalue weighted by Crippen LogP contribution is 2.25. The number of carbonyl (C=O) groups excluding carboxylic acids is 1. The predicted molar refractivity (Wildman–Crippen MR) is 133 cm³/mol. The first-order valence-corrected chi connectivity index (χ1v) is 12.3. The Bertz CT molecular complexity index is 1060. The van der Waals surface area contributed by atoms with E-state index in [1.165, 1.54) is 32.1 Å². The Morgan fingerprint density at radius 3 is 2.65 bits per heavy atom. The number of ether oxygens (including phenoxy) is 1. The summed E-state index contributed by atoms with van der Waals surface area (Å²) in [5, 5.41) is 7.13. The molecule has 1 heterocycles. The van der Waals surface area contributed by atoms with Gasteiger partial charge in [-0.1, -0.05) is 42.6 Å². The van der Waals surface area contributed by atoms with Gasteiger partial charge < -0.3 is 14.6 Å². The van der Waals surface area contributed by atoms with E-state index in [4.69, 9.17) is 9.26 Å². The van der Waals surface area contributed by atoms with E-state index in [2.05, 4.69) is 33.5 Å². The average Bonchev–Trinajstić information content (AvgIpc) is 3.34. The van der Waals surface area contributed by atoms with Gasteiger partial charge in [0.1, 0.15) is 5.75 Å². The first kappa shape index (κ1) is 24.0. The monoisotopic (exact) mass is 462 g/mol. The Hall–Kier alpha value is -3.19. The molecule has 1 amide bonds. The third-order valence-corrected chi connectivity index (χ3v) is 6.37. The highest BCUT2D eigenvalue weighted by molar-refractivity contribution is 5.91. The van der Waals surface area contributed by atoms with Gasteiger partial charge in [-0.05, 0) is 62.7 Å². The van der Waals surface area contributed by atoms with Crippen molar-refractivity contribution >= 4 is 11.6 Å². The third-order valence-electron chi connectivity index (χ3n) is 6.37. The van der Waals surface area contributed by atoms with Gasteiger partial charge in [0, 0.05) is 36.7 Å². The number of hydrogen-bond donors (Lipinski definition) is 1. The molecule has 0 saturated heterocycles. The highest BCUT2D eigenvalue weighted by Gasteiger charge is 2.19. The molecule has 7 nitrogen and oxygen atoms in total. The summed E-state index contributed by atoms with van der Waals surface area (Å²) in [4.78, 5) is 19.5. The summed E-state index contributed by atoms with van der Waals surface area (Å²) in [6.07, 6.45) is 7.14. The summed E-state index contributed by atoms with van der Waals surface area (Å²) in [5.41, 5.74) is 2.86. The summed E-state index contributed by atoms with van der Waals surface area (Å²) in [6.45, 7) is 3.40. The first-order chi connectivity index (χ1) is 16.6. The van der Waals surface area contributed by atoms with Crippen molar-refractivity contribution < 1.29 is 14.1 Å². The minimum atomic E-state index is -0.0615. The van der Waals surface area contributed by atoms with Gasteiger partial charge in [0.25, 0.3) is 0 Å². The molecule has 0 aliphatic heterocycles. The van der Waals surface area contributed by atoms with E-state index < -0.39 is 0 Å². The SMILES string of the molecule is CCOc1ccc(-c2noc(CCC(=O)Nc3ccccc3CN(C)C3CCCCC3)n2)cc1. The lowest BCUT2D eigenvalue weighted by atomic mass is 9.94. The van der Waals surface area contributed by atoms with E-state index in [9.17, 15) is 4.79 Å². The molecule has 180 valence electrons. The van der Waals surface area contributed by atoms with E-state index >= 15 is 0 Å². The van der Waals surface area contributed by atoms with Crippen molar-refractivity contribution in [1.29, 1.82) is 0 Å². The fraction of sp³-hybridized carbons (Fsp3) is 0.444. The van der Waals surface area contributed by atoms with Gasteiger partial charge in [0.15, 0.2) is 0 Å². The third kappa shape index (κ3) is 6.44. The topological polar surface area (TPSA) is 80.5 Å². The zero-order valence-corrected chi connectivity index (χ0v) is 20.1. The number of nitrogens with one attached hydrogen (secondary N) is 1. The van der Waals surface area contributed by atoms with E-state index in [0.717, 1.165) is 29.1 Å². The van der Waals surface area contributed by atoms with Crippen molar-refractivity contribution in [3.63, 3.8) is 0 Å². The maximum atomic E-state index is 12.7. The highest BCUT2D eigenvalue weighted by atomic mass is 16.5. The molecule has 0 radical (unpaired) electrons. The summed E-state index contributed by atoms with van der Waals surface area (Å²) in [5.74, 6) is 1.70. The summed E-state index contributed by atoms with van der Waals surface area (Å²) >= 11 is 0. The van der Waals surface area contributed by atoms with Gasteiger partial charge in [-0.25, -0.2) is 0 Å². The molecule has 1 N–H and O–H groups in total. The van der Waals surface area contributed by atoms with E-state index in [1.807, 2.05) is 49.4 Å². The van der Waals surface area contributed by atoms with Crippen LogP contribution in [0.25, 0.3) is 11.4 Å². The molecule has 0 atom stereocenters. The fourth-order valence-corrected chi connectivity index (χ4v) is 4.47. The smallest absolute Gasteiger partial charge is 0.227 e. The van der Waals surface area contributed by atoms with Crippen LogP contribution in [-0.2, 0) is 17.8 Å². The van der Waals surface area contributed by atoms with Crippen LogP contribution in [0.15, 0.2) is 53.1 Å². The number of benzene rings is 2. The van der Waals surface area contributed by atoms with Crippen LogP contribution < -0.4 is 10.1 Å². The number of para-hydroxylation sites is 1. The molecule has 4 rings (SSSR count). The lowest BCUT2D eigenvalue weighted by Gasteiger charge is -2.31. The second-order valence-electron chi connectivity index (χ2n) is 8.88. The lowest BCUT2D eigenvalue weighted by molar-refractivity contribution is -0.116. The fourth-order valence-electron chi connectivity index (χ4n) is 4.47. The molecule has 0 unspecified atom stereocenters. The zero-order valence-electron chi connectivity index (χ0n) is 20.1. The van der Waals surface area contributed by atoms with Crippen LogP contribution in [0, 0.1) is 0 Å². The van der Waals surface area contributed by atoms with Gasteiger partial charge in [-0.3, -0.25) is 9.69 Å². The number of rotatable bonds is 10. The number of carbonyl (C=O) groups is 1. The quantitative estimate of drug-likeness (QED) is 0.430. The molecular weight excluding hydrogens is 428 g/mol. The van der Waals surface area contributed by atoms with Crippen LogP contribution in [0.3, 0.4) is 0 Å². The lowest BCUT2D eigenvalue weighted by Crippen LogP contribution is -2.33. The van der Waals surface area contributed by atoms with E-state index in [0.29, 0.717) is 30.8 Å². The predicted octanol–water partition coefficient (Wildman–Crippen LogP) is 5.47. The number of aryl methyl sites for hydroxylation is 1. The summed E-state index contributed by atoms with van der Waals surface area (Å²) < 4.78 is 10.8. The maximum Gasteiger partial charge on any atom is 0.227 e. The molecular formula is C27H34N4O3. The van der Waals surface area contributed by atoms with Crippen molar-refractivity contribution in [2.75, 3.05) is 19.0 Å². The largest absolute Gasteiger partial charge is 0.494 e. The molecule has 1 saturated carbocycles. The zero-order chi connectivity index (χ0) is 23.8. The number of amides is 1. The Balaban J connectivity index is 1.31. The molecule has 0 spiro atoms. The number of aromatic nitrogens is 2. The molecule has 1 aliphatic rings. The van der Waals surface area contributed by atoms with Crippen molar-refractivity contribution in [3.05, 3.63) is 60.0 Å². The molecule has 34 heavy (non-hydrogen) atoms. The number of anilines is 1. The standard InChI is InChI=1S/C27H34N4O3/c1-3-33-23-15-13-20(14-16-23)27-29-26(34-30-27)18-17-25(32)28-24-12-8-7-9-21(24)19-31(2)22-10-5-4-6-11-22/h7-9,12-16,22H,3-6,10-11,17-19H2,1-2H3,(H,28,32).